The molecule has 0 bridgehead atoms. The average molecular weight is 497 g/mol. The Morgan fingerprint density at radius 3 is 2.43 bits per heavy atom. The van der Waals surface area contributed by atoms with Crippen LogP contribution in [0.15, 0.2) is 65.6 Å². The van der Waals surface area contributed by atoms with Gasteiger partial charge in [0.2, 0.25) is 10.0 Å². The van der Waals surface area contributed by atoms with Crippen molar-refractivity contribution in [2.45, 2.75) is 37.5 Å². The zero-order valence-corrected chi connectivity index (χ0v) is 20.5. The predicted octanol–water partition coefficient (Wildman–Crippen LogP) is 3.58. The highest BCUT2D eigenvalue weighted by Crippen LogP contribution is 2.39. The second-order valence-electron chi connectivity index (χ2n) is 8.22. The van der Waals surface area contributed by atoms with Gasteiger partial charge < -0.3 is 10.1 Å². The Labute approximate surface area is 204 Å². The molecule has 10 heteroatoms. The van der Waals surface area contributed by atoms with Crippen molar-refractivity contribution >= 4 is 27.6 Å². The van der Waals surface area contributed by atoms with Crippen molar-refractivity contribution in [3.8, 4) is 5.69 Å². The molecule has 9 nitrogen and oxygen atoms in total. The van der Waals surface area contributed by atoms with Crippen molar-refractivity contribution in [3.05, 3.63) is 72.1 Å². The minimum Gasteiger partial charge on any atom is -0.451 e. The summed E-state index contributed by atoms with van der Waals surface area (Å²) in [5, 5.41) is 7.17. The number of carbonyl (C=O) groups excluding carboxylic acids is 2. The minimum absolute atomic E-state index is 0.0790. The summed E-state index contributed by atoms with van der Waals surface area (Å²) in [7, 11) is -3.67. The molecule has 1 fully saturated rings. The van der Waals surface area contributed by atoms with E-state index < -0.39 is 28.5 Å². The average Bonchev–Trinajstić information content (AvgIpc) is 3.62. The largest absolute Gasteiger partial charge is 0.451 e. The molecule has 1 aliphatic rings. The number of ether oxygens (including phenoxy) is 1. The smallest absolute Gasteiger partial charge is 0.357 e. The van der Waals surface area contributed by atoms with Gasteiger partial charge >= 0.3 is 5.97 Å². The number of nitrogens with zero attached hydrogens (tertiary/aromatic N) is 3. The van der Waals surface area contributed by atoms with Crippen LogP contribution in [0.4, 0.5) is 5.69 Å². The van der Waals surface area contributed by atoms with Gasteiger partial charge in [-0.05, 0) is 49.2 Å². The summed E-state index contributed by atoms with van der Waals surface area (Å²) >= 11 is 0. The number of rotatable bonds is 10. The Morgan fingerprint density at radius 2 is 1.77 bits per heavy atom. The lowest BCUT2D eigenvalue weighted by Crippen LogP contribution is -2.30. The van der Waals surface area contributed by atoms with Gasteiger partial charge in [0.05, 0.1) is 16.3 Å². The van der Waals surface area contributed by atoms with Crippen molar-refractivity contribution in [1.82, 2.24) is 14.1 Å². The van der Waals surface area contributed by atoms with Crippen LogP contribution >= 0.6 is 0 Å². The molecule has 1 aromatic heterocycles. The zero-order valence-electron chi connectivity index (χ0n) is 19.7. The van der Waals surface area contributed by atoms with E-state index in [1.165, 1.54) is 21.1 Å². The van der Waals surface area contributed by atoms with Crippen molar-refractivity contribution in [2.75, 3.05) is 25.0 Å². The number of carbonyl (C=O) groups is 2. The number of anilines is 1. The van der Waals surface area contributed by atoms with Crippen LogP contribution in [0.3, 0.4) is 0 Å². The summed E-state index contributed by atoms with van der Waals surface area (Å²) < 4.78 is 33.6. The Morgan fingerprint density at radius 1 is 1.06 bits per heavy atom. The molecule has 1 amide bonds. The summed E-state index contributed by atoms with van der Waals surface area (Å²) in [5.41, 5.74) is 2.10. The summed E-state index contributed by atoms with van der Waals surface area (Å²) in [6.45, 7) is 3.68. The lowest BCUT2D eigenvalue weighted by molar-refractivity contribution is -0.119. The molecular formula is C25H28N4O5S. The van der Waals surface area contributed by atoms with E-state index in [1.54, 1.807) is 32.0 Å². The highest BCUT2D eigenvalue weighted by atomic mass is 32.2. The number of sulfonamides is 1. The van der Waals surface area contributed by atoms with Gasteiger partial charge in [-0.1, -0.05) is 38.1 Å². The maximum atomic E-state index is 12.8. The van der Waals surface area contributed by atoms with Gasteiger partial charge in [-0.25, -0.2) is 17.9 Å². The van der Waals surface area contributed by atoms with E-state index in [2.05, 4.69) is 10.4 Å². The van der Waals surface area contributed by atoms with Crippen molar-refractivity contribution < 1.29 is 22.7 Å². The van der Waals surface area contributed by atoms with Crippen molar-refractivity contribution in [1.29, 1.82) is 0 Å². The Kier molecular flexibility index (Phi) is 7.32. The fourth-order valence-electron chi connectivity index (χ4n) is 3.74. The minimum atomic E-state index is -3.67. The number of benzene rings is 2. The topological polar surface area (TPSA) is 111 Å². The van der Waals surface area contributed by atoms with E-state index in [4.69, 9.17) is 4.74 Å². The number of hydrogen-bond acceptors (Lipinski definition) is 6. The number of para-hydroxylation sites is 1. The highest BCUT2D eigenvalue weighted by Gasteiger charge is 2.29. The van der Waals surface area contributed by atoms with E-state index in [0.717, 1.165) is 24.2 Å². The van der Waals surface area contributed by atoms with Crippen LogP contribution in [-0.2, 0) is 19.6 Å². The maximum Gasteiger partial charge on any atom is 0.357 e. The molecule has 3 aromatic rings. The molecule has 0 radical (unpaired) electrons. The van der Waals surface area contributed by atoms with E-state index in [0.29, 0.717) is 24.7 Å². The molecule has 1 N–H and O–H groups in total. The quantitative estimate of drug-likeness (QED) is 0.430. The fourth-order valence-corrected chi connectivity index (χ4v) is 5.24. The molecule has 0 atom stereocenters. The number of esters is 1. The number of aromatic nitrogens is 2. The summed E-state index contributed by atoms with van der Waals surface area (Å²) in [6, 6.07) is 17.0. The molecule has 1 saturated carbocycles. The van der Waals surface area contributed by atoms with E-state index in [1.807, 2.05) is 30.3 Å². The van der Waals surface area contributed by atoms with Gasteiger partial charge in [-0.15, -0.1) is 0 Å². The first-order valence-corrected chi connectivity index (χ1v) is 13.0. The van der Waals surface area contributed by atoms with Crippen LogP contribution in [0.1, 0.15) is 48.8 Å². The molecule has 1 aliphatic carbocycles. The van der Waals surface area contributed by atoms with Crippen LogP contribution in [0.25, 0.3) is 5.69 Å². The van der Waals surface area contributed by atoms with Gasteiger partial charge in [-0.2, -0.15) is 9.40 Å². The normalized spacial score (nSPS) is 13.6. The molecule has 35 heavy (non-hydrogen) atoms. The molecule has 2 aromatic carbocycles. The summed E-state index contributed by atoms with van der Waals surface area (Å²) in [4.78, 5) is 25.4. The highest BCUT2D eigenvalue weighted by molar-refractivity contribution is 7.89. The zero-order chi connectivity index (χ0) is 25.0. The van der Waals surface area contributed by atoms with E-state index >= 15 is 0 Å². The summed E-state index contributed by atoms with van der Waals surface area (Å²) in [6.07, 6.45) is 2.07. The Balaban J connectivity index is 1.43. The number of nitrogens with one attached hydrogen (secondary N) is 1. The van der Waals surface area contributed by atoms with Crippen LogP contribution in [0.5, 0.6) is 0 Å². The van der Waals surface area contributed by atoms with Gasteiger partial charge in [0.15, 0.2) is 12.3 Å². The molecular weight excluding hydrogens is 468 g/mol. The Hall–Kier alpha value is -3.50. The fraction of sp³-hybridized carbons (Fsp3) is 0.320. The summed E-state index contributed by atoms with van der Waals surface area (Å²) in [5.74, 6) is -0.903. The molecule has 0 saturated heterocycles. The third-order valence-corrected chi connectivity index (χ3v) is 7.78. The first-order chi connectivity index (χ1) is 16.8. The Bertz CT molecular complexity index is 1310. The van der Waals surface area contributed by atoms with Gasteiger partial charge in [-0.3, -0.25) is 4.79 Å². The molecule has 0 aliphatic heterocycles. The van der Waals surface area contributed by atoms with E-state index in [9.17, 15) is 18.0 Å². The van der Waals surface area contributed by atoms with E-state index in [-0.39, 0.29) is 10.6 Å². The standard InChI is InChI=1S/C25H28N4O5S/c1-3-28(4-2)35(32,33)21-12-8-9-19(15-21)26-24(30)17-34-25(31)23-16-22(18-13-14-18)27-29(23)20-10-6-5-7-11-20/h5-12,15-16,18H,3-4,13-14,17H2,1-2H3,(H,26,30). The monoisotopic (exact) mass is 496 g/mol. The second kappa shape index (κ2) is 10.4. The molecule has 0 spiro atoms. The van der Waals surface area contributed by atoms with Gasteiger partial charge in [0.1, 0.15) is 0 Å². The van der Waals surface area contributed by atoms with Crippen LogP contribution < -0.4 is 5.32 Å². The third kappa shape index (κ3) is 5.60. The van der Waals surface area contributed by atoms with Crippen LogP contribution in [-0.4, -0.2) is 54.1 Å². The number of amides is 1. The SMILES string of the molecule is CCN(CC)S(=O)(=O)c1cccc(NC(=O)COC(=O)c2cc(C3CC3)nn2-c2ccccc2)c1. The van der Waals surface area contributed by atoms with Gasteiger partial charge in [0.25, 0.3) is 5.91 Å². The molecule has 1 heterocycles. The van der Waals surface area contributed by atoms with Crippen LogP contribution in [0.2, 0.25) is 0 Å². The maximum absolute atomic E-state index is 12.8. The first-order valence-electron chi connectivity index (χ1n) is 11.6. The lowest BCUT2D eigenvalue weighted by Gasteiger charge is -2.18. The predicted molar refractivity (Wildman–Crippen MR) is 131 cm³/mol. The van der Waals surface area contributed by atoms with Gasteiger partial charge in [0, 0.05) is 24.7 Å². The van der Waals surface area contributed by atoms with Crippen molar-refractivity contribution in [2.24, 2.45) is 0 Å². The lowest BCUT2D eigenvalue weighted by atomic mass is 10.2. The first kappa shape index (κ1) is 24.6. The molecule has 0 unspecified atom stereocenters. The van der Waals surface area contributed by atoms with Crippen LogP contribution in [0, 0.1) is 0 Å². The van der Waals surface area contributed by atoms with Crippen molar-refractivity contribution in [3.63, 3.8) is 0 Å². The molecule has 4 rings (SSSR count). The molecule has 184 valence electrons. The number of hydrogen-bond donors (Lipinski definition) is 1. The third-order valence-electron chi connectivity index (χ3n) is 5.73. The second-order valence-corrected chi connectivity index (χ2v) is 10.2.